The molecule has 0 aliphatic carbocycles. The molecular formula is C10H12O3. The summed E-state index contributed by atoms with van der Waals surface area (Å²) in [6.07, 6.45) is 0.962. The van der Waals surface area contributed by atoms with Gasteiger partial charge in [-0.2, -0.15) is 0 Å². The van der Waals surface area contributed by atoms with Gasteiger partial charge in [0.2, 0.25) is 0 Å². The fourth-order valence-electron chi connectivity index (χ4n) is 1.13. The highest BCUT2D eigenvalue weighted by Crippen LogP contribution is 2.05. The Balaban J connectivity index is 3.52. The molecule has 1 rings (SSSR count). The number of aliphatic hydroxyl groups is 1. The number of rotatable bonds is 2. The van der Waals surface area contributed by atoms with Crippen molar-refractivity contribution in [1.29, 1.82) is 0 Å². The molecule has 0 heterocycles. The van der Waals surface area contributed by atoms with Crippen LogP contribution in [-0.4, -0.2) is 19.3 Å². The Kier molecular flexibility index (Phi) is 2.80. The Bertz CT molecular complexity index is 395. The minimum atomic E-state index is 0.543. The Morgan fingerprint density at radius 2 is 1.77 bits per heavy atom. The second-order valence-electron chi connectivity index (χ2n) is 2.49. The molecule has 0 saturated carbocycles. The summed E-state index contributed by atoms with van der Waals surface area (Å²) in [6.45, 7) is 3.77. The minimum absolute atomic E-state index is 0.543. The van der Waals surface area contributed by atoms with E-state index in [0.717, 1.165) is 6.26 Å². The summed E-state index contributed by atoms with van der Waals surface area (Å²) < 4.78 is 10.1. The first kappa shape index (κ1) is 9.45. The van der Waals surface area contributed by atoms with E-state index in [2.05, 4.69) is 6.58 Å². The van der Waals surface area contributed by atoms with Crippen LogP contribution in [-0.2, 0) is 0 Å². The van der Waals surface area contributed by atoms with Crippen LogP contribution < -0.4 is 19.9 Å². The fraction of sp³-hybridized carbons (Fsp3) is 0.200. The van der Waals surface area contributed by atoms with Gasteiger partial charge in [0, 0.05) is 5.22 Å². The van der Waals surface area contributed by atoms with E-state index >= 15 is 0 Å². The van der Waals surface area contributed by atoms with Crippen LogP contribution in [0.4, 0.5) is 0 Å². The molecule has 0 saturated heterocycles. The van der Waals surface area contributed by atoms with E-state index < -0.39 is 0 Å². The first-order chi connectivity index (χ1) is 6.24. The van der Waals surface area contributed by atoms with E-state index in [1.807, 2.05) is 0 Å². The molecule has 0 aliphatic rings. The van der Waals surface area contributed by atoms with Crippen molar-refractivity contribution in [3.05, 3.63) is 22.6 Å². The smallest absolute Gasteiger partial charge is 0.130 e. The summed E-state index contributed by atoms with van der Waals surface area (Å²) in [4.78, 5) is 0. The Morgan fingerprint density at radius 3 is 2.23 bits per heavy atom. The molecule has 1 aromatic rings. The summed E-state index contributed by atoms with van der Waals surface area (Å²) in [7, 11) is 3.09. The fourth-order valence-corrected chi connectivity index (χ4v) is 1.13. The van der Waals surface area contributed by atoms with Gasteiger partial charge in [0.15, 0.2) is 0 Å². The van der Waals surface area contributed by atoms with Crippen LogP contribution in [0.1, 0.15) is 0 Å². The summed E-state index contributed by atoms with van der Waals surface area (Å²) in [5.74, 6) is 1.20. The summed E-state index contributed by atoms with van der Waals surface area (Å²) in [6, 6.07) is 3.46. The van der Waals surface area contributed by atoms with Crippen LogP contribution in [0, 0.1) is 0 Å². The molecule has 0 unspecified atom stereocenters. The van der Waals surface area contributed by atoms with Crippen molar-refractivity contribution in [2.75, 3.05) is 14.2 Å². The first-order valence-corrected chi connectivity index (χ1v) is 3.79. The molecule has 0 aliphatic heterocycles. The summed E-state index contributed by atoms with van der Waals surface area (Å²) in [5, 5.41) is 10.1. The molecule has 3 heteroatoms. The monoisotopic (exact) mass is 180 g/mol. The third kappa shape index (κ3) is 1.59. The van der Waals surface area contributed by atoms with Crippen LogP contribution in [0.3, 0.4) is 0 Å². The zero-order chi connectivity index (χ0) is 9.84. The molecule has 1 N–H and O–H groups in total. The van der Waals surface area contributed by atoms with Gasteiger partial charge >= 0.3 is 0 Å². The molecule has 0 amide bonds. The summed E-state index contributed by atoms with van der Waals surface area (Å²) in [5.41, 5.74) is 0. The first-order valence-electron chi connectivity index (χ1n) is 3.79. The zero-order valence-corrected chi connectivity index (χ0v) is 7.70. The van der Waals surface area contributed by atoms with Crippen molar-refractivity contribution in [2.45, 2.75) is 0 Å². The Hall–Kier alpha value is -1.64. The largest absolute Gasteiger partial charge is 0.515 e. The van der Waals surface area contributed by atoms with Gasteiger partial charge in [-0.1, -0.05) is 6.58 Å². The SMILES string of the molecule is C=c1c(OC)ccc(OC)/c1=C\O. The predicted octanol–water partition coefficient (Wildman–Crippen LogP) is 0.410. The highest BCUT2D eigenvalue weighted by molar-refractivity contribution is 5.39. The number of benzene rings is 1. The van der Waals surface area contributed by atoms with Crippen LogP contribution in [0.2, 0.25) is 0 Å². The van der Waals surface area contributed by atoms with E-state index in [4.69, 9.17) is 14.6 Å². The van der Waals surface area contributed by atoms with Crippen LogP contribution in [0.15, 0.2) is 12.1 Å². The van der Waals surface area contributed by atoms with E-state index in [9.17, 15) is 0 Å². The van der Waals surface area contributed by atoms with E-state index in [0.29, 0.717) is 21.9 Å². The third-order valence-electron chi connectivity index (χ3n) is 1.84. The molecular weight excluding hydrogens is 168 g/mol. The van der Waals surface area contributed by atoms with Crippen molar-refractivity contribution < 1.29 is 14.6 Å². The number of methoxy groups -OCH3 is 2. The minimum Gasteiger partial charge on any atom is -0.515 e. The maximum absolute atomic E-state index is 8.95. The standard InChI is InChI=1S/C10H12O3/c1-7-8(6-11)10(13-3)5-4-9(7)12-2/h4-6,11H,1H2,2-3H3/b8-6-. The lowest BCUT2D eigenvalue weighted by Crippen LogP contribution is -2.26. The number of hydrogen-bond acceptors (Lipinski definition) is 3. The molecule has 1 aromatic carbocycles. The van der Waals surface area contributed by atoms with Gasteiger partial charge in [-0.15, -0.1) is 0 Å². The molecule has 0 fully saturated rings. The van der Waals surface area contributed by atoms with E-state index in [-0.39, 0.29) is 0 Å². The Labute approximate surface area is 76.5 Å². The highest BCUT2D eigenvalue weighted by Gasteiger charge is 2.00. The van der Waals surface area contributed by atoms with Gasteiger partial charge in [-0.05, 0) is 12.1 Å². The van der Waals surface area contributed by atoms with E-state index in [1.165, 1.54) is 7.11 Å². The average molecular weight is 180 g/mol. The van der Waals surface area contributed by atoms with Crippen molar-refractivity contribution in [3.8, 4) is 11.5 Å². The zero-order valence-electron chi connectivity index (χ0n) is 7.70. The quantitative estimate of drug-likeness (QED) is 0.716. The third-order valence-corrected chi connectivity index (χ3v) is 1.84. The predicted molar refractivity (Wildman–Crippen MR) is 51.4 cm³/mol. The van der Waals surface area contributed by atoms with Gasteiger partial charge in [0.25, 0.3) is 0 Å². The van der Waals surface area contributed by atoms with Gasteiger partial charge in [0.05, 0.1) is 25.7 Å². The number of ether oxygens (including phenoxy) is 2. The van der Waals surface area contributed by atoms with E-state index in [1.54, 1.807) is 19.2 Å². The number of aliphatic hydroxyl groups excluding tert-OH is 1. The van der Waals surface area contributed by atoms with Crippen molar-refractivity contribution in [2.24, 2.45) is 0 Å². The molecule has 0 bridgehead atoms. The lowest BCUT2D eigenvalue weighted by atomic mass is 10.2. The normalized spacial score (nSPS) is 11.4. The topological polar surface area (TPSA) is 38.7 Å². The van der Waals surface area contributed by atoms with Gasteiger partial charge in [-0.3, -0.25) is 0 Å². The molecule has 0 radical (unpaired) electrons. The molecule has 0 aromatic heterocycles. The molecule has 70 valence electrons. The van der Waals surface area contributed by atoms with Crippen molar-refractivity contribution in [1.82, 2.24) is 0 Å². The van der Waals surface area contributed by atoms with Crippen molar-refractivity contribution in [3.63, 3.8) is 0 Å². The molecule has 0 atom stereocenters. The van der Waals surface area contributed by atoms with Crippen molar-refractivity contribution >= 4 is 12.8 Å². The second kappa shape index (κ2) is 3.85. The van der Waals surface area contributed by atoms with Gasteiger partial charge < -0.3 is 14.6 Å². The lowest BCUT2D eigenvalue weighted by Gasteiger charge is -2.04. The van der Waals surface area contributed by atoms with Crippen LogP contribution >= 0.6 is 0 Å². The molecule has 3 nitrogen and oxygen atoms in total. The highest BCUT2D eigenvalue weighted by atomic mass is 16.5. The maximum atomic E-state index is 8.95. The Morgan fingerprint density at radius 1 is 1.23 bits per heavy atom. The van der Waals surface area contributed by atoms with Crippen LogP contribution in [0.25, 0.3) is 12.8 Å². The van der Waals surface area contributed by atoms with Crippen LogP contribution in [0.5, 0.6) is 11.5 Å². The average Bonchev–Trinajstić information content (AvgIpc) is 2.17. The lowest BCUT2D eigenvalue weighted by molar-refractivity contribution is 0.395. The van der Waals surface area contributed by atoms with Gasteiger partial charge in [-0.25, -0.2) is 0 Å². The number of hydrogen-bond donors (Lipinski definition) is 1. The summed E-state index contributed by atoms with van der Waals surface area (Å²) >= 11 is 0. The van der Waals surface area contributed by atoms with Gasteiger partial charge in [0.1, 0.15) is 11.5 Å². The molecule has 13 heavy (non-hydrogen) atoms. The molecule has 0 spiro atoms. The maximum Gasteiger partial charge on any atom is 0.130 e. The second-order valence-corrected chi connectivity index (χ2v) is 2.49.